The zero-order valence-electron chi connectivity index (χ0n) is 13.1. The molecular weight excluding hydrogens is 326 g/mol. The van der Waals surface area contributed by atoms with E-state index in [0.717, 1.165) is 5.56 Å². The average molecular weight is 345 g/mol. The summed E-state index contributed by atoms with van der Waals surface area (Å²) in [6, 6.07) is 17.2. The molecule has 0 aromatic heterocycles. The number of piperidine rings is 1. The van der Waals surface area contributed by atoms with Crippen LogP contribution in [0.5, 0.6) is 0 Å². The first-order chi connectivity index (χ1) is 11.5. The van der Waals surface area contributed by atoms with Crippen molar-refractivity contribution >= 4 is 16.0 Å². The van der Waals surface area contributed by atoms with E-state index in [2.05, 4.69) is 0 Å². The third-order valence-electron chi connectivity index (χ3n) is 4.42. The van der Waals surface area contributed by atoms with E-state index in [-0.39, 0.29) is 17.5 Å². The Kier molecular flexibility index (Phi) is 4.69. The number of carbonyl (C=O) groups is 1. The van der Waals surface area contributed by atoms with Crippen molar-refractivity contribution < 1.29 is 18.3 Å². The minimum atomic E-state index is -3.76. The monoisotopic (exact) mass is 345 g/mol. The Bertz CT molecular complexity index is 805. The summed E-state index contributed by atoms with van der Waals surface area (Å²) in [6.07, 6.45) is 0.961. The fraction of sp³-hybridized carbons (Fsp3) is 0.278. The molecule has 0 saturated carbocycles. The van der Waals surface area contributed by atoms with Crippen LogP contribution < -0.4 is 0 Å². The fourth-order valence-corrected chi connectivity index (χ4v) is 4.85. The predicted octanol–water partition coefficient (Wildman–Crippen LogP) is 2.91. The molecule has 1 fully saturated rings. The van der Waals surface area contributed by atoms with Gasteiger partial charge in [0, 0.05) is 6.54 Å². The van der Waals surface area contributed by atoms with E-state index in [1.54, 1.807) is 30.3 Å². The Labute approximate surface area is 141 Å². The molecule has 0 spiro atoms. The first-order valence-corrected chi connectivity index (χ1v) is 9.29. The standard InChI is InChI=1S/C18H19NO4S/c20-18(21)15-11-12-17(14-7-3-1-4-8-14)19(13-15)24(22,23)16-9-5-2-6-10-16/h1-10,15,17H,11-13H2,(H,20,21)/t15?,17-/m1/s1. The topological polar surface area (TPSA) is 74.7 Å². The quantitative estimate of drug-likeness (QED) is 0.924. The van der Waals surface area contributed by atoms with Crippen LogP contribution in [0.4, 0.5) is 0 Å². The molecule has 0 amide bonds. The molecule has 2 aromatic rings. The van der Waals surface area contributed by atoms with Gasteiger partial charge in [0.2, 0.25) is 10.0 Å². The van der Waals surface area contributed by atoms with E-state index >= 15 is 0 Å². The third-order valence-corrected chi connectivity index (χ3v) is 6.31. The van der Waals surface area contributed by atoms with Crippen LogP contribution in [0.3, 0.4) is 0 Å². The van der Waals surface area contributed by atoms with Crippen molar-refractivity contribution in [2.45, 2.75) is 23.8 Å². The Hall–Kier alpha value is -2.18. The summed E-state index contributed by atoms with van der Waals surface area (Å²) in [6.45, 7) is -0.00782. The normalized spacial score (nSPS) is 22.2. The second-order valence-electron chi connectivity index (χ2n) is 5.93. The van der Waals surface area contributed by atoms with E-state index in [0.29, 0.717) is 12.8 Å². The highest BCUT2D eigenvalue weighted by Crippen LogP contribution is 2.37. The molecule has 1 unspecified atom stereocenters. The lowest BCUT2D eigenvalue weighted by Gasteiger charge is -2.37. The number of hydrogen-bond donors (Lipinski definition) is 1. The van der Waals surface area contributed by atoms with Crippen molar-refractivity contribution in [3.8, 4) is 0 Å². The first-order valence-electron chi connectivity index (χ1n) is 7.85. The molecule has 1 heterocycles. The van der Waals surface area contributed by atoms with Gasteiger partial charge in [-0.1, -0.05) is 48.5 Å². The molecule has 2 atom stereocenters. The van der Waals surface area contributed by atoms with Crippen LogP contribution in [0.2, 0.25) is 0 Å². The van der Waals surface area contributed by atoms with Crippen LogP contribution >= 0.6 is 0 Å². The molecule has 1 saturated heterocycles. The van der Waals surface area contributed by atoms with Gasteiger partial charge in [-0.05, 0) is 30.5 Å². The minimum Gasteiger partial charge on any atom is -0.481 e. The van der Waals surface area contributed by atoms with Gasteiger partial charge >= 0.3 is 5.97 Å². The minimum absolute atomic E-state index is 0.00782. The predicted molar refractivity (Wildman–Crippen MR) is 89.9 cm³/mol. The van der Waals surface area contributed by atoms with Crippen LogP contribution in [0.25, 0.3) is 0 Å². The number of aliphatic carboxylic acids is 1. The number of carboxylic acid groups (broad SMARTS) is 1. The average Bonchev–Trinajstić information content (AvgIpc) is 2.62. The fourth-order valence-electron chi connectivity index (χ4n) is 3.14. The highest BCUT2D eigenvalue weighted by atomic mass is 32.2. The highest BCUT2D eigenvalue weighted by Gasteiger charge is 2.39. The Morgan fingerprint density at radius 3 is 2.12 bits per heavy atom. The number of benzene rings is 2. The molecule has 24 heavy (non-hydrogen) atoms. The van der Waals surface area contributed by atoms with E-state index in [4.69, 9.17) is 0 Å². The van der Waals surface area contributed by atoms with Crippen LogP contribution in [-0.2, 0) is 14.8 Å². The van der Waals surface area contributed by atoms with E-state index in [1.807, 2.05) is 30.3 Å². The molecule has 5 nitrogen and oxygen atoms in total. The summed E-state index contributed by atoms with van der Waals surface area (Å²) < 4.78 is 27.5. The molecule has 1 aliphatic heterocycles. The Morgan fingerprint density at radius 1 is 0.958 bits per heavy atom. The molecule has 126 valence electrons. The second-order valence-corrected chi connectivity index (χ2v) is 7.82. The van der Waals surface area contributed by atoms with Crippen molar-refractivity contribution in [3.63, 3.8) is 0 Å². The van der Waals surface area contributed by atoms with E-state index < -0.39 is 21.9 Å². The van der Waals surface area contributed by atoms with Gasteiger partial charge in [0.25, 0.3) is 0 Å². The molecule has 1 aliphatic rings. The van der Waals surface area contributed by atoms with E-state index in [9.17, 15) is 18.3 Å². The summed E-state index contributed by atoms with van der Waals surface area (Å²) >= 11 is 0. The van der Waals surface area contributed by atoms with Crippen molar-refractivity contribution in [3.05, 3.63) is 66.2 Å². The van der Waals surface area contributed by atoms with Crippen molar-refractivity contribution in [1.29, 1.82) is 0 Å². The van der Waals surface area contributed by atoms with Gasteiger partial charge in [-0.2, -0.15) is 4.31 Å². The SMILES string of the molecule is O=C(O)C1CC[C@H](c2ccccc2)N(S(=O)(=O)c2ccccc2)C1. The van der Waals surface area contributed by atoms with Crippen LogP contribution in [0, 0.1) is 5.92 Å². The van der Waals surface area contributed by atoms with Crippen LogP contribution in [0.15, 0.2) is 65.6 Å². The highest BCUT2D eigenvalue weighted by molar-refractivity contribution is 7.89. The molecule has 1 N–H and O–H groups in total. The summed E-state index contributed by atoms with van der Waals surface area (Å²) in [4.78, 5) is 11.6. The number of nitrogens with zero attached hydrogens (tertiary/aromatic N) is 1. The second kappa shape index (κ2) is 6.75. The van der Waals surface area contributed by atoms with Gasteiger partial charge in [0.05, 0.1) is 16.9 Å². The van der Waals surface area contributed by atoms with Gasteiger partial charge < -0.3 is 5.11 Å². The van der Waals surface area contributed by atoms with Gasteiger partial charge in [0.15, 0.2) is 0 Å². The van der Waals surface area contributed by atoms with Gasteiger partial charge in [-0.3, -0.25) is 4.79 Å². The zero-order chi connectivity index (χ0) is 17.2. The van der Waals surface area contributed by atoms with Crippen molar-refractivity contribution in [2.75, 3.05) is 6.54 Å². The number of rotatable bonds is 4. The largest absolute Gasteiger partial charge is 0.481 e. The van der Waals surface area contributed by atoms with Crippen LogP contribution in [0.1, 0.15) is 24.4 Å². The molecule has 3 rings (SSSR count). The zero-order valence-corrected chi connectivity index (χ0v) is 13.9. The van der Waals surface area contributed by atoms with Crippen molar-refractivity contribution in [2.24, 2.45) is 5.92 Å². The lowest BCUT2D eigenvalue weighted by Crippen LogP contribution is -2.44. The van der Waals surface area contributed by atoms with Gasteiger partial charge in [0.1, 0.15) is 0 Å². The summed E-state index contributed by atoms with van der Waals surface area (Å²) in [5, 5.41) is 9.33. The van der Waals surface area contributed by atoms with Crippen LogP contribution in [-0.4, -0.2) is 30.3 Å². The third kappa shape index (κ3) is 3.20. The van der Waals surface area contributed by atoms with E-state index in [1.165, 1.54) is 4.31 Å². The van der Waals surface area contributed by atoms with Gasteiger partial charge in [-0.25, -0.2) is 8.42 Å². The molecule has 0 radical (unpaired) electrons. The molecular formula is C18H19NO4S. The molecule has 0 aliphatic carbocycles. The number of hydrogen-bond acceptors (Lipinski definition) is 3. The lowest BCUT2D eigenvalue weighted by atomic mass is 9.91. The maximum atomic E-state index is 13.1. The summed E-state index contributed by atoms with van der Waals surface area (Å²) in [5.74, 6) is -1.63. The lowest BCUT2D eigenvalue weighted by molar-refractivity contribution is -0.143. The maximum Gasteiger partial charge on any atom is 0.307 e. The van der Waals surface area contributed by atoms with Crippen molar-refractivity contribution in [1.82, 2.24) is 4.31 Å². The molecule has 6 heteroatoms. The summed E-state index contributed by atoms with van der Waals surface area (Å²) in [5.41, 5.74) is 0.890. The molecule has 2 aromatic carbocycles. The van der Waals surface area contributed by atoms with Gasteiger partial charge in [-0.15, -0.1) is 0 Å². The first kappa shape index (κ1) is 16.7. The molecule has 0 bridgehead atoms. The number of sulfonamides is 1. The smallest absolute Gasteiger partial charge is 0.307 e. The maximum absolute atomic E-state index is 13.1. The Balaban J connectivity index is 2.02. The Morgan fingerprint density at radius 2 is 1.54 bits per heavy atom. The number of carboxylic acids is 1. The summed E-state index contributed by atoms with van der Waals surface area (Å²) in [7, 11) is -3.76.